The van der Waals surface area contributed by atoms with Crippen LogP contribution in [0.3, 0.4) is 0 Å². The number of aryl methyl sites for hydroxylation is 1. The van der Waals surface area contributed by atoms with Crippen LogP contribution in [-0.2, 0) is 12.7 Å². The highest BCUT2D eigenvalue weighted by atomic mass is 19.4. The second-order valence-corrected chi connectivity index (χ2v) is 10.4. The van der Waals surface area contributed by atoms with Gasteiger partial charge in [0.05, 0.1) is 36.1 Å². The van der Waals surface area contributed by atoms with Crippen molar-refractivity contribution in [3.05, 3.63) is 71.2 Å². The van der Waals surface area contributed by atoms with Crippen molar-refractivity contribution in [1.29, 1.82) is 0 Å². The Morgan fingerprint density at radius 1 is 0.950 bits per heavy atom. The minimum absolute atomic E-state index is 0.349. The van der Waals surface area contributed by atoms with Crippen LogP contribution in [0.25, 0.3) is 28.1 Å². The van der Waals surface area contributed by atoms with E-state index in [1.165, 1.54) is 11.0 Å². The van der Waals surface area contributed by atoms with Crippen LogP contribution in [0.1, 0.15) is 65.9 Å². The van der Waals surface area contributed by atoms with E-state index in [9.17, 15) is 13.2 Å². The van der Waals surface area contributed by atoms with Gasteiger partial charge in [0.15, 0.2) is 17.2 Å². The third-order valence-corrected chi connectivity index (χ3v) is 7.40. The number of hydrogen-bond donors (Lipinski definition) is 0. The van der Waals surface area contributed by atoms with Crippen LogP contribution in [-0.4, -0.2) is 46.6 Å². The number of hydrogen-bond acceptors (Lipinski definition) is 7. The van der Waals surface area contributed by atoms with Crippen molar-refractivity contribution in [3.8, 4) is 23.0 Å². The summed E-state index contributed by atoms with van der Waals surface area (Å²) in [5.41, 5.74) is 4.29. The molecule has 0 unspecified atom stereocenters. The number of fused-ring (bicyclic) bond motifs is 1. The summed E-state index contributed by atoms with van der Waals surface area (Å²) in [7, 11) is 1.58. The number of alkyl halides is 3. The molecule has 2 fully saturated rings. The molecule has 0 radical (unpaired) electrons. The molecule has 0 spiro atoms. The predicted molar refractivity (Wildman–Crippen MR) is 139 cm³/mol. The Hall–Kier alpha value is -4.35. The Morgan fingerprint density at radius 3 is 2.33 bits per heavy atom. The maximum Gasteiger partial charge on any atom is 0.435 e. The summed E-state index contributed by atoms with van der Waals surface area (Å²) >= 11 is 0. The second kappa shape index (κ2) is 9.10. The molecule has 7 rings (SSSR count). The highest BCUT2D eigenvalue weighted by Crippen LogP contribution is 2.46. The summed E-state index contributed by atoms with van der Waals surface area (Å²) in [6, 6.07) is 8.31. The van der Waals surface area contributed by atoms with Crippen molar-refractivity contribution in [2.75, 3.05) is 7.11 Å². The minimum atomic E-state index is -4.49. The Morgan fingerprint density at radius 2 is 1.68 bits per heavy atom. The number of rotatable bonds is 7. The molecule has 2 saturated carbocycles. The smallest absolute Gasteiger partial charge is 0.435 e. The zero-order valence-electron chi connectivity index (χ0n) is 21.9. The largest absolute Gasteiger partial charge is 0.480 e. The predicted octanol–water partition coefficient (Wildman–Crippen LogP) is 5.61. The Bertz CT molecular complexity index is 1730. The van der Waals surface area contributed by atoms with E-state index in [-0.39, 0.29) is 0 Å². The van der Waals surface area contributed by atoms with Gasteiger partial charge in [0, 0.05) is 23.7 Å². The zero-order valence-corrected chi connectivity index (χ0v) is 21.9. The first-order valence-corrected chi connectivity index (χ1v) is 13.2. The van der Waals surface area contributed by atoms with Gasteiger partial charge in [-0.3, -0.25) is 0 Å². The molecule has 0 atom stereocenters. The lowest BCUT2D eigenvalue weighted by atomic mass is 10.1. The fourth-order valence-electron chi connectivity index (χ4n) is 5.07. The van der Waals surface area contributed by atoms with Gasteiger partial charge in [-0.25, -0.2) is 29.3 Å². The van der Waals surface area contributed by atoms with Crippen molar-refractivity contribution in [2.24, 2.45) is 0 Å². The molecule has 9 nitrogen and oxygen atoms in total. The Labute approximate surface area is 227 Å². The molecule has 12 heteroatoms. The summed E-state index contributed by atoms with van der Waals surface area (Å²) in [6.07, 6.45) is 3.14. The molecule has 1 aromatic carbocycles. The van der Waals surface area contributed by atoms with E-state index in [4.69, 9.17) is 19.8 Å². The van der Waals surface area contributed by atoms with Crippen molar-refractivity contribution < 1.29 is 17.9 Å². The number of ether oxygens (including phenoxy) is 1. The SMILES string of the molecule is COc1ncnc(C2CC2)c1-c1ncc2c(C3CC3)nn(Cc3ccc(-n4nc(C(F)(F)F)cc4C)cc3)c2n1. The Balaban J connectivity index is 1.25. The topological polar surface area (TPSA) is 96.4 Å². The van der Waals surface area contributed by atoms with Gasteiger partial charge in [-0.1, -0.05) is 12.1 Å². The van der Waals surface area contributed by atoms with E-state index in [0.29, 0.717) is 52.7 Å². The van der Waals surface area contributed by atoms with Crippen LogP contribution >= 0.6 is 0 Å². The van der Waals surface area contributed by atoms with Crippen LogP contribution in [0, 0.1) is 6.92 Å². The van der Waals surface area contributed by atoms with Crippen LogP contribution in [0.5, 0.6) is 5.88 Å². The summed E-state index contributed by atoms with van der Waals surface area (Å²) < 4.78 is 48.1. The van der Waals surface area contributed by atoms with Crippen LogP contribution in [0.2, 0.25) is 0 Å². The fraction of sp³-hybridized carbons (Fsp3) is 0.357. The van der Waals surface area contributed by atoms with Crippen molar-refractivity contribution in [1.82, 2.24) is 39.5 Å². The lowest BCUT2D eigenvalue weighted by molar-refractivity contribution is -0.141. The first kappa shape index (κ1) is 24.7. The van der Waals surface area contributed by atoms with Crippen LogP contribution < -0.4 is 4.74 Å². The lowest BCUT2D eigenvalue weighted by Crippen LogP contribution is -2.08. The number of methoxy groups -OCH3 is 1. The number of nitrogens with zero attached hydrogens (tertiary/aromatic N) is 8. The monoisotopic (exact) mass is 546 g/mol. The lowest BCUT2D eigenvalue weighted by Gasteiger charge is -2.11. The molecular formula is C28H25F3N8O. The molecule has 0 N–H and O–H groups in total. The molecule has 0 saturated heterocycles. The number of benzene rings is 1. The maximum atomic E-state index is 13.1. The fourth-order valence-corrected chi connectivity index (χ4v) is 5.07. The quantitative estimate of drug-likeness (QED) is 0.262. The van der Waals surface area contributed by atoms with Gasteiger partial charge in [0.25, 0.3) is 0 Å². The molecule has 0 amide bonds. The molecule has 0 aliphatic heterocycles. The average molecular weight is 547 g/mol. The van der Waals surface area contributed by atoms with Gasteiger partial charge in [-0.15, -0.1) is 0 Å². The van der Waals surface area contributed by atoms with Crippen molar-refractivity contribution >= 4 is 11.0 Å². The van der Waals surface area contributed by atoms with Crippen molar-refractivity contribution in [2.45, 2.75) is 57.2 Å². The van der Waals surface area contributed by atoms with E-state index in [0.717, 1.165) is 54.1 Å². The van der Waals surface area contributed by atoms with Gasteiger partial charge < -0.3 is 4.74 Å². The highest BCUT2D eigenvalue weighted by Gasteiger charge is 2.35. The van der Waals surface area contributed by atoms with Crippen LogP contribution in [0.15, 0.2) is 42.9 Å². The van der Waals surface area contributed by atoms with Gasteiger partial charge in [-0.05, 0) is 56.4 Å². The van der Waals surface area contributed by atoms with Gasteiger partial charge >= 0.3 is 6.18 Å². The third-order valence-electron chi connectivity index (χ3n) is 7.40. The molecule has 5 aromatic rings. The molecular weight excluding hydrogens is 521 g/mol. The molecule has 2 aliphatic rings. The summed E-state index contributed by atoms with van der Waals surface area (Å²) in [5, 5.41) is 9.59. The normalized spacial score (nSPS) is 15.6. The average Bonchev–Trinajstić information content (AvgIpc) is 3.88. The molecule has 40 heavy (non-hydrogen) atoms. The molecule has 4 heterocycles. The van der Waals surface area contributed by atoms with Gasteiger partial charge in [-0.2, -0.15) is 23.4 Å². The zero-order chi connectivity index (χ0) is 27.6. The van der Waals surface area contributed by atoms with E-state index >= 15 is 0 Å². The van der Waals surface area contributed by atoms with Crippen molar-refractivity contribution in [3.63, 3.8) is 0 Å². The maximum absolute atomic E-state index is 13.1. The van der Waals surface area contributed by atoms with Gasteiger partial charge in [0.1, 0.15) is 11.9 Å². The highest BCUT2D eigenvalue weighted by molar-refractivity contribution is 5.81. The Kier molecular flexibility index (Phi) is 5.62. The number of aromatic nitrogens is 8. The molecule has 4 aromatic heterocycles. The standard InChI is InChI=1S/C28H25F3N8O/c1-15-11-21(28(29,30)31)36-39(15)19-9-3-16(4-10-19)13-38-26-20(23(37-38)17-5-6-17)12-32-25(35-26)22-24(18-7-8-18)33-14-34-27(22)40-2/h3-4,9-12,14,17-18H,5-8,13H2,1-2H3. The van der Waals surface area contributed by atoms with E-state index in [1.807, 2.05) is 23.0 Å². The summed E-state index contributed by atoms with van der Waals surface area (Å²) in [6.45, 7) is 2.04. The molecule has 0 bridgehead atoms. The second-order valence-electron chi connectivity index (χ2n) is 10.4. The van der Waals surface area contributed by atoms with Gasteiger partial charge in [0.2, 0.25) is 5.88 Å². The summed E-state index contributed by atoms with van der Waals surface area (Å²) in [5.74, 6) is 1.69. The summed E-state index contributed by atoms with van der Waals surface area (Å²) in [4.78, 5) is 18.5. The van der Waals surface area contributed by atoms with E-state index in [1.54, 1.807) is 26.2 Å². The first-order chi connectivity index (χ1) is 19.3. The first-order valence-electron chi connectivity index (χ1n) is 13.2. The van der Waals surface area contributed by atoms with E-state index in [2.05, 4.69) is 15.1 Å². The van der Waals surface area contributed by atoms with Crippen LogP contribution in [0.4, 0.5) is 13.2 Å². The minimum Gasteiger partial charge on any atom is -0.480 e. The molecule has 2 aliphatic carbocycles. The van der Waals surface area contributed by atoms with E-state index < -0.39 is 11.9 Å². The third kappa shape index (κ3) is 4.37. The number of halogens is 3. The molecule has 204 valence electrons.